The molecule has 0 bridgehead atoms. The fourth-order valence-electron chi connectivity index (χ4n) is 14.7. The third-order valence-corrected chi connectivity index (χ3v) is 18.3. The van der Waals surface area contributed by atoms with Crippen molar-refractivity contribution in [3.8, 4) is 0 Å². The highest BCUT2D eigenvalue weighted by Gasteiger charge is 2.69. The highest BCUT2D eigenvalue weighted by molar-refractivity contribution is 5.15. The minimum atomic E-state index is -1.89. The zero-order valence-corrected chi connectivity index (χ0v) is 37.0. The van der Waals surface area contributed by atoms with Crippen molar-refractivity contribution in [1.82, 2.24) is 0 Å². The second kappa shape index (κ2) is 18.0. The Labute approximate surface area is 369 Å². The molecule has 5 heterocycles. The number of rotatable bonds is 9. The number of ether oxygens (including phenoxy) is 8. The molecule has 18 nitrogen and oxygen atoms in total. The van der Waals surface area contributed by atoms with Gasteiger partial charge in [-0.3, -0.25) is 0 Å². The van der Waals surface area contributed by atoms with Crippen molar-refractivity contribution < 1.29 is 89.0 Å². The Morgan fingerprint density at radius 2 is 1.16 bits per heavy atom. The van der Waals surface area contributed by atoms with Crippen LogP contribution in [-0.4, -0.2) is 188 Å². The molecule has 362 valence electrons. The van der Waals surface area contributed by atoms with Gasteiger partial charge in [-0.2, -0.15) is 0 Å². The summed E-state index contributed by atoms with van der Waals surface area (Å²) in [5, 5.41) is 106. The van der Waals surface area contributed by atoms with E-state index in [1.807, 2.05) is 0 Å². The smallest absolute Gasteiger partial charge is 0.187 e. The van der Waals surface area contributed by atoms with Crippen LogP contribution in [0.1, 0.15) is 91.9 Å². The fourth-order valence-corrected chi connectivity index (χ4v) is 14.7. The zero-order chi connectivity index (χ0) is 44.9. The molecule has 9 fully saturated rings. The second-order valence-corrected chi connectivity index (χ2v) is 21.5. The van der Waals surface area contributed by atoms with Gasteiger partial charge in [-0.15, -0.1) is 0 Å². The van der Waals surface area contributed by atoms with Gasteiger partial charge in [0.2, 0.25) is 0 Å². The molecule has 27 atom stereocenters. The third-order valence-electron chi connectivity index (χ3n) is 18.3. The summed E-state index contributed by atoms with van der Waals surface area (Å²) < 4.78 is 49.0. The van der Waals surface area contributed by atoms with Crippen LogP contribution in [0.5, 0.6) is 0 Å². The van der Waals surface area contributed by atoms with E-state index < -0.39 is 118 Å². The molecular weight excluding hydrogens is 828 g/mol. The van der Waals surface area contributed by atoms with Gasteiger partial charge in [-0.25, -0.2) is 0 Å². The van der Waals surface area contributed by atoms with Crippen molar-refractivity contribution in [2.24, 2.45) is 52.3 Å². The van der Waals surface area contributed by atoms with Crippen molar-refractivity contribution in [2.45, 2.75) is 202 Å². The van der Waals surface area contributed by atoms with E-state index in [4.69, 9.17) is 37.9 Å². The first-order valence-electron chi connectivity index (χ1n) is 23.8. The molecule has 3 unspecified atom stereocenters. The van der Waals surface area contributed by atoms with E-state index in [9.17, 15) is 51.1 Å². The third kappa shape index (κ3) is 7.88. The first kappa shape index (κ1) is 47.4. The van der Waals surface area contributed by atoms with E-state index in [2.05, 4.69) is 27.7 Å². The Balaban J connectivity index is 0.833. The summed E-state index contributed by atoms with van der Waals surface area (Å²) in [6.07, 6.45) is -14.2. The predicted molar refractivity (Wildman–Crippen MR) is 216 cm³/mol. The van der Waals surface area contributed by atoms with Gasteiger partial charge in [0, 0.05) is 12.3 Å². The molecule has 63 heavy (non-hydrogen) atoms. The molecule has 1 spiro atoms. The Kier molecular flexibility index (Phi) is 13.5. The quantitative estimate of drug-likeness (QED) is 0.128. The van der Waals surface area contributed by atoms with Gasteiger partial charge in [-0.05, 0) is 104 Å². The molecule has 9 rings (SSSR count). The molecule has 9 aliphatic rings. The van der Waals surface area contributed by atoms with Crippen molar-refractivity contribution in [2.75, 3.05) is 26.4 Å². The maximum Gasteiger partial charge on any atom is 0.187 e. The minimum Gasteiger partial charge on any atom is -0.394 e. The van der Waals surface area contributed by atoms with Crippen LogP contribution in [0.25, 0.3) is 0 Å². The van der Waals surface area contributed by atoms with Crippen molar-refractivity contribution >= 4 is 0 Å². The molecule has 0 aromatic carbocycles. The van der Waals surface area contributed by atoms with Gasteiger partial charge < -0.3 is 89.0 Å². The maximum atomic E-state index is 11.5. The average molecular weight is 903 g/mol. The Hall–Kier alpha value is -0.720. The standard InChI is InChI=1S/C45H74O18/c1-19-7-12-45(56-18-19)20(2)30-26(63-45)14-25-23-6-5-21-13-22(8-10-43(21,3)24(23)9-11-44(25,30)4)57-40-37(55)35(53)38(29(17-48)60-40)61-42-39(34(52)32(50)28(16-47)59-42)62-41-36(54)33(51)31(49)27(15-46)58-41/h19-42,46-55H,5-18H2,1-4H3/t19-,20+,21+,22+,23-,24+,25+,26+,27-,28-,29-,30+,31-,32-,33+,34+,35-,36-,37-,38+,39-,40?,41?,42?,43+,44+,45-/m1/s1. The van der Waals surface area contributed by atoms with Crippen LogP contribution < -0.4 is 0 Å². The Bertz CT molecular complexity index is 1570. The van der Waals surface area contributed by atoms with Gasteiger partial charge >= 0.3 is 0 Å². The Morgan fingerprint density at radius 3 is 1.84 bits per heavy atom. The summed E-state index contributed by atoms with van der Waals surface area (Å²) in [5.74, 6) is 3.29. The van der Waals surface area contributed by atoms with Crippen molar-refractivity contribution in [3.05, 3.63) is 0 Å². The summed E-state index contributed by atoms with van der Waals surface area (Å²) in [6.45, 7) is 8.23. The molecule has 0 radical (unpaired) electrons. The molecule has 10 N–H and O–H groups in total. The largest absolute Gasteiger partial charge is 0.394 e. The second-order valence-electron chi connectivity index (χ2n) is 21.5. The maximum absolute atomic E-state index is 11.5. The van der Waals surface area contributed by atoms with Crippen LogP contribution in [0.4, 0.5) is 0 Å². The van der Waals surface area contributed by atoms with E-state index in [0.29, 0.717) is 41.4 Å². The molecule has 18 heteroatoms. The molecular formula is C45H74O18. The topological polar surface area (TPSA) is 276 Å². The lowest BCUT2D eigenvalue weighted by Gasteiger charge is -2.61. The lowest BCUT2D eigenvalue weighted by molar-refractivity contribution is -0.390. The highest BCUT2D eigenvalue weighted by atomic mass is 16.8. The van der Waals surface area contributed by atoms with E-state index >= 15 is 0 Å². The summed E-state index contributed by atoms with van der Waals surface area (Å²) in [7, 11) is 0. The summed E-state index contributed by atoms with van der Waals surface area (Å²) in [6, 6.07) is 0. The minimum absolute atomic E-state index is 0.134. The van der Waals surface area contributed by atoms with Crippen LogP contribution in [-0.2, 0) is 37.9 Å². The number of aliphatic hydroxyl groups excluding tert-OH is 10. The molecule has 0 amide bonds. The van der Waals surface area contributed by atoms with Crippen LogP contribution in [0.2, 0.25) is 0 Å². The van der Waals surface area contributed by atoms with Crippen LogP contribution in [0.15, 0.2) is 0 Å². The number of aliphatic hydroxyl groups is 10. The average Bonchev–Trinajstić information content (AvgIpc) is 3.72. The van der Waals surface area contributed by atoms with Gasteiger partial charge in [-0.1, -0.05) is 27.7 Å². The van der Waals surface area contributed by atoms with Gasteiger partial charge in [0.15, 0.2) is 24.7 Å². The summed E-state index contributed by atoms with van der Waals surface area (Å²) in [4.78, 5) is 0. The SMILES string of the molecule is C[C@@H]1CC[C@@]2(OC1)O[C@H]1C[C@H]3[C@@H]4CC[C@H]5C[C@@H](OC6O[C@H](CO)[C@H](OC7O[C@H](CO)[C@@H](O)[C@H](O)[C@H]7OC7O[C@H](CO)[C@@H](O)[C@H](O)[C@H]7O)[C@H](O)[C@H]6O)CC[C@]5(C)[C@H]4CC[C@]3(C)[C@H]1[C@@H]2C. The molecule has 5 saturated heterocycles. The zero-order valence-electron chi connectivity index (χ0n) is 37.0. The van der Waals surface area contributed by atoms with Gasteiger partial charge in [0.05, 0.1) is 38.6 Å². The molecule has 0 aromatic heterocycles. The first-order chi connectivity index (χ1) is 30.0. The van der Waals surface area contributed by atoms with Crippen LogP contribution >= 0.6 is 0 Å². The summed E-state index contributed by atoms with van der Waals surface area (Å²) in [5.41, 5.74) is 0.364. The van der Waals surface area contributed by atoms with E-state index in [0.717, 1.165) is 58.0 Å². The number of hydrogen-bond donors (Lipinski definition) is 10. The van der Waals surface area contributed by atoms with Crippen molar-refractivity contribution in [1.29, 1.82) is 0 Å². The normalized spacial score (nSPS) is 58.2. The molecule has 5 aliphatic heterocycles. The van der Waals surface area contributed by atoms with Crippen molar-refractivity contribution in [3.63, 3.8) is 0 Å². The summed E-state index contributed by atoms with van der Waals surface area (Å²) >= 11 is 0. The lowest BCUT2D eigenvalue weighted by atomic mass is 9.44. The predicted octanol–water partition coefficient (Wildman–Crippen LogP) is -0.734. The highest BCUT2D eigenvalue weighted by Crippen LogP contribution is 2.71. The molecule has 0 aromatic rings. The van der Waals surface area contributed by atoms with Gasteiger partial charge in [0.1, 0.15) is 73.2 Å². The van der Waals surface area contributed by atoms with E-state index in [1.165, 1.54) is 12.8 Å². The van der Waals surface area contributed by atoms with Crippen LogP contribution in [0.3, 0.4) is 0 Å². The van der Waals surface area contributed by atoms with E-state index in [1.54, 1.807) is 0 Å². The number of fused-ring (bicyclic) bond motifs is 7. The molecule has 4 aliphatic carbocycles. The lowest BCUT2D eigenvalue weighted by Crippen LogP contribution is -2.67. The number of hydrogen-bond acceptors (Lipinski definition) is 18. The first-order valence-corrected chi connectivity index (χ1v) is 23.8. The van der Waals surface area contributed by atoms with Crippen LogP contribution in [0, 0.1) is 52.3 Å². The fraction of sp³-hybridized carbons (Fsp3) is 1.00. The van der Waals surface area contributed by atoms with E-state index in [-0.39, 0.29) is 23.0 Å². The van der Waals surface area contributed by atoms with Gasteiger partial charge in [0.25, 0.3) is 0 Å². The monoisotopic (exact) mass is 902 g/mol. The Morgan fingerprint density at radius 1 is 0.556 bits per heavy atom. The molecule has 4 saturated carbocycles.